The summed E-state index contributed by atoms with van der Waals surface area (Å²) < 4.78 is 0. The van der Waals surface area contributed by atoms with Crippen LogP contribution < -0.4 is 5.32 Å². The number of carboxylic acids is 1. The van der Waals surface area contributed by atoms with Crippen LogP contribution >= 0.6 is 0 Å². The zero-order chi connectivity index (χ0) is 14.8. The molecule has 0 radical (unpaired) electrons. The fourth-order valence-electron chi connectivity index (χ4n) is 3.14. The number of rotatable bonds is 3. The Bertz CT molecular complexity index is 669. The van der Waals surface area contributed by atoms with E-state index >= 15 is 0 Å². The highest BCUT2D eigenvalue weighted by Gasteiger charge is 2.31. The van der Waals surface area contributed by atoms with Crippen LogP contribution in [0.5, 0.6) is 0 Å². The predicted octanol–water partition coefficient (Wildman–Crippen LogP) is 3.60. The van der Waals surface area contributed by atoms with Crippen LogP contribution in [-0.2, 0) is 4.79 Å². The standard InChI is InChI=1S/C17H20N2O2/c1-11-10-12-6-2-4-8-14(12)18-16(11)19-15-9-5-3-7-13(15)17(20)21/h2,4,6,8,10,13,15H,3,5,7,9H2,1H3,(H,18,19)(H,20,21). The quantitative estimate of drug-likeness (QED) is 0.904. The molecule has 0 bridgehead atoms. The van der Waals surface area contributed by atoms with Gasteiger partial charge in [-0.2, -0.15) is 0 Å². The monoisotopic (exact) mass is 284 g/mol. The minimum absolute atomic E-state index is 0.0244. The third-order valence-corrected chi connectivity index (χ3v) is 4.32. The summed E-state index contributed by atoms with van der Waals surface area (Å²) in [6, 6.07) is 10.1. The molecule has 0 amide bonds. The van der Waals surface area contributed by atoms with Gasteiger partial charge in [0, 0.05) is 11.4 Å². The molecule has 1 aliphatic carbocycles. The second-order valence-electron chi connectivity index (χ2n) is 5.83. The highest BCUT2D eigenvalue weighted by atomic mass is 16.4. The van der Waals surface area contributed by atoms with E-state index in [1.807, 2.05) is 31.2 Å². The van der Waals surface area contributed by atoms with Crippen LogP contribution in [0, 0.1) is 12.8 Å². The highest BCUT2D eigenvalue weighted by molar-refractivity contribution is 5.81. The first-order valence-corrected chi connectivity index (χ1v) is 7.51. The van der Waals surface area contributed by atoms with Crippen LogP contribution in [0.2, 0.25) is 0 Å². The zero-order valence-corrected chi connectivity index (χ0v) is 12.2. The van der Waals surface area contributed by atoms with Crippen LogP contribution in [0.25, 0.3) is 10.9 Å². The Kier molecular flexibility index (Phi) is 3.78. The van der Waals surface area contributed by atoms with E-state index in [1.54, 1.807) is 0 Å². The number of fused-ring (bicyclic) bond motifs is 1. The van der Waals surface area contributed by atoms with Gasteiger partial charge < -0.3 is 10.4 Å². The largest absolute Gasteiger partial charge is 0.481 e. The number of nitrogens with one attached hydrogen (secondary N) is 1. The predicted molar refractivity (Wildman–Crippen MR) is 83.5 cm³/mol. The summed E-state index contributed by atoms with van der Waals surface area (Å²) >= 11 is 0. The van der Waals surface area contributed by atoms with Crippen LogP contribution in [-0.4, -0.2) is 22.1 Å². The Balaban J connectivity index is 1.89. The number of aryl methyl sites for hydroxylation is 1. The zero-order valence-electron chi connectivity index (χ0n) is 12.2. The Morgan fingerprint density at radius 3 is 2.86 bits per heavy atom. The molecule has 2 N–H and O–H groups in total. The van der Waals surface area contributed by atoms with Crippen molar-refractivity contribution < 1.29 is 9.90 Å². The lowest BCUT2D eigenvalue weighted by Crippen LogP contribution is -2.37. The average molecular weight is 284 g/mol. The number of carboxylic acid groups (broad SMARTS) is 1. The van der Waals surface area contributed by atoms with E-state index in [9.17, 15) is 9.90 Å². The third kappa shape index (κ3) is 2.84. The molecule has 0 aliphatic heterocycles. The summed E-state index contributed by atoms with van der Waals surface area (Å²) in [7, 11) is 0. The number of benzene rings is 1. The van der Waals surface area contributed by atoms with E-state index in [0.29, 0.717) is 0 Å². The maximum Gasteiger partial charge on any atom is 0.308 e. The number of aliphatic carboxylic acids is 1. The number of anilines is 1. The van der Waals surface area contributed by atoms with Gasteiger partial charge in [0.15, 0.2) is 0 Å². The molecule has 1 fully saturated rings. The van der Waals surface area contributed by atoms with Gasteiger partial charge in [-0.05, 0) is 37.5 Å². The van der Waals surface area contributed by atoms with E-state index in [4.69, 9.17) is 0 Å². The molecule has 4 nitrogen and oxygen atoms in total. The van der Waals surface area contributed by atoms with Crippen LogP contribution in [0.4, 0.5) is 5.82 Å². The minimum atomic E-state index is -0.703. The highest BCUT2D eigenvalue weighted by Crippen LogP contribution is 2.29. The number of nitrogens with zero attached hydrogens (tertiary/aromatic N) is 1. The maximum absolute atomic E-state index is 11.4. The van der Waals surface area contributed by atoms with Crippen molar-refractivity contribution in [1.29, 1.82) is 0 Å². The van der Waals surface area contributed by atoms with Crippen molar-refractivity contribution in [2.45, 2.75) is 38.6 Å². The van der Waals surface area contributed by atoms with Gasteiger partial charge in [-0.25, -0.2) is 4.98 Å². The SMILES string of the molecule is Cc1cc2ccccc2nc1NC1CCCCC1C(=O)O. The van der Waals surface area contributed by atoms with Crippen molar-refractivity contribution in [1.82, 2.24) is 4.98 Å². The average Bonchev–Trinajstić information content (AvgIpc) is 2.48. The molecule has 1 aliphatic rings. The number of para-hydroxylation sites is 1. The molecule has 1 aromatic heterocycles. The van der Waals surface area contributed by atoms with Gasteiger partial charge in [-0.1, -0.05) is 31.0 Å². The van der Waals surface area contributed by atoms with Crippen molar-refractivity contribution >= 4 is 22.7 Å². The van der Waals surface area contributed by atoms with Crippen molar-refractivity contribution in [2.75, 3.05) is 5.32 Å². The van der Waals surface area contributed by atoms with Gasteiger partial charge in [-0.15, -0.1) is 0 Å². The van der Waals surface area contributed by atoms with Gasteiger partial charge in [0.1, 0.15) is 5.82 Å². The molecule has 21 heavy (non-hydrogen) atoms. The summed E-state index contributed by atoms with van der Waals surface area (Å²) in [6.45, 7) is 2.01. The molecule has 3 rings (SSSR count). The lowest BCUT2D eigenvalue weighted by atomic mass is 9.84. The van der Waals surface area contributed by atoms with Crippen molar-refractivity contribution in [3.63, 3.8) is 0 Å². The topological polar surface area (TPSA) is 62.2 Å². The van der Waals surface area contributed by atoms with Crippen molar-refractivity contribution in [3.8, 4) is 0 Å². The lowest BCUT2D eigenvalue weighted by molar-refractivity contribution is -0.143. The lowest BCUT2D eigenvalue weighted by Gasteiger charge is -2.30. The van der Waals surface area contributed by atoms with Gasteiger partial charge in [0.2, 0.25) is 0 Å². The van der Waals surface area contributed by atoms with Gasteiger partial charge in [-0.3, -0.25) is 4.79 Å². The molecule has 1 heterocycles. The Hall–Kier alpha value is -2.10. The fraction of sp³-hybridized carbons (Fsp3) is 0.412. The van der Waals surface area contributed by atoms with E-state index in [2.05, 4.69) is 16.4 Å². The van der Waals surface area contributed by atoms with Crippen LogP contribution in [0.15, 0.2) is 30.3 Å². The summed E-state index contributed by atoms with van der Waals surface area (Å²) in [5.41, 5.74) is 2.00. The molecule has 2 aromatic rings. The molecule has 110 valence electrons. The van der Waals surface area contributed by atoms with Gasteiger partial charge in [0.25, 0.3) is 0 Å². The molecule has 4 heteroatoms. The summed E-state index contributed by atoms with van der Waals surface area (Å²) in [6.07, 6.45) is 3.72. The number of hydrogen-bond acceptors (Lipinski definition) is 3. The molecule has 2 unspecified atom stereocenters. The third-order valence-electron chi connectivity index (χ3n) is 4.32. The first kappa shape index (κ1) is 13.9. The Morgan fingerprint density at radius 2 is 2.05 bits per heavy atom. The summed E-state index contributed by atoms with van der Waals surface area (Å²) in [5.74, 6) is -0.205. The smallest absolute Gasteiger partial charge is 0.308 e. The van der Waals surface area contributed by atoms with E-state index in [-0.39, 0.29) is 12.0 Å². The summed E-state index contributed by atoms with van der Waals surface area (Å²) in [4.78, 5) is 16.1. The molecule has 0 saturated heterocycles. The number of pyridine rings is 1. The molecular formula is C17H20N2O2. The van der Waals surface area contributed by atoms with Gasteiger partial charge >= 0.3 is 5.97 Å². The summed E-state index contributed by atoms with van der Waals surface area (Å²) in [5, 5.41) is 13.9. The van der Waals surface area contributed by atoms with Crippen LogP contribution in [0.1, 0.15) is 31.2 Å². The number of aromatic nitrogens is 1. The Labute approximate surface area is 124 Å². The maximum atomic E-state index is 11.4. The molecular weight excluding hydrogens is 264 g/mol. The first-order chi connectivity index (χ1) is 10.1. The normalized spacial score (nSPS) is 22.1. The fourth-order valence-corrected chi connectivity index (χ4v) is 3.14. The molecule has 1 aromatic carbocycles. The second kappa shape index (κ2) is 5.72. The second-order valence-corrected chi connectivity index (χ2v) is 5.83. The van der Waals surface area contributed by atoms with Gasteiger partial charge in [0.05, 0.1) is 11.4 Å². The van der Waals surface area contributed by atoms with E-state index in [0.717, 1.165) is 48.0 Å². The Morgan fingerprint density at radius 1 is 1.29 bits per heavy atom. The molecule has 1 saturated carbocycles. The van der Waals surface area contributed by atoms with Crippen LogP contribution in [0.3, 0.4) is 0 Å². The van der Waals surface area contributed by atoms with E-state index in [1.165, 1.54) is 0 Å². The molecule has 0 spiro atoms. The van der Waals surface area contributed by atoms with Crippen molar-refractivity contribution in [2.24, 2.45) is 5.92 Å². The number of hydrogen-bond donors (Lipinski definition) is 2. The first-order valence-electron chi connectivity index (χ1n) is 7.51. The van der Waals surface area contributed by atoms with E-state index < -0.39 is 5.97 Å². The molecule has 2 atom stereocenters. The van der Waals surface area contributed by atoms with Crippen molar-refractivity contribution in [3.05, 3.63) is 35.9 Å². The number of carbonyl (C=O) groups is 1. The minimum Gasteiger partial charge on any atom is -0.481 e.